The van der Waals surface area contributed by atoms with Crippen molar-refractivity contribution in [2.75, 3.05) is 23.0 Å². The van der Waals surface area contributed by atoms with E-state index in [9.17, 15) is 0 Å². The Morgan fingerprint density at radius 3 is 0.494 bits per heavy atom. The summed E-state index contributed by atoms with van der Waals surface area (Å²) >= 11 is 15.9. The summed E-state index contributed by atoms with van der Waals surface area (Å²) in [6, 6.07) is 0. The van der Waals surface area contributed by atoms with E-state index in [2.05, 4.69) is 80.8 Å². The Balaban J connectivity index is 5.13. The minimum atomic E-state index is 1.05. The van der Waals surface area contributed by atoms with Crippen LogP contribution in [-0.4, -0.2) is 23.0 Å². The van der Waals surface area contributed by atoms with Crippen molar-refractivity contribution in [2.45, 2.75) is 439 Å². The van der Waals surface area contributed by atoms with Crippen LogP contribution in [0.2, 0.25) is 0 Å². The number of unbranched alkanes of at least 4 members (excludes halogenated alkanes) is 60. The zero-order valence-electron chi connectivity index (χ0n) is 56.2. The fourth-order valence-corrected chi connectivity index (χ4v) is 16.9. The average molecular weight is 1230 g/mol. The van der Waals surface area contributed by atoms with Gasteiger partial charge in [0.15, 0.2) is 0 Å². The second-order valence-corrected chi connectivity index (χ2v) is 31.1. The number of halogens is 1. The van der Waals surface area contributed by atoms with Crippen LogP contribution in [-0.2, 0) is 0 Å². The molecule has 0 spiro atoms. The fraction of sp³-hybridized carbons (Fsp3) is 0.947. The van der Waals surface area contributed by atoms with Crippen LogP contribution in [0.15, 0.2) is 19.6 Å². The van der Waals surface area contributed by atoms with Crippen LogP contribution in [0.5, 0.6) is 0 Å². The van der Waals surface area contributed by atoms with Gasteiger partial charge in [0.05, 0.1) is 9.27 Å². The molecule has 0 aromatic heterocycles. The molecule has 0 rings (SSSR count). The van der Waals surface area contributed by atoms with Crippen LogP contribution in [0.4, 0.5) is 0 Å². The van der Waals surface area contributed by atoms with Crippen molar-refractivity contribution < 1.29 is 0 Å². The van der Waals surface area contributed by atoms with Crippen LogP contribution in [0.1, 0.15) is 439 Å². The van der Waals surface area contributed by atoms with Gasteiger partial charge in [0.2, 0.25) is 0 Å². The van der Waals surface area contributed by atoms with E-state index >= 15 is 0 Å². The second kappa shape index (κ2) is 75.4. The van der Waals surface area contributed by atoms with Crippen molar-refractivity contribution in [3.8, 4) is 0 Å². The first-order chi connectivity index (χ1) is 40.2. The van der Waals surface area contributed by atoms with Gasteiger partial charge in [0.1, 0.15) is 0 Å². The number of hydrogen-bond donors (Lipinski definition) is 0. The maximum absolute atomic E-state index is 7.49. The standard InChI is InChI=1S/C76H149ClS4/c1-5-9-13-17-21-25-29-33-37-41-45-49-53-57-61-65-69-78-75(79-70-66-62-58-54-50-46-42-38-34-30-26-22-18-14-10-6-2)73-74(77)76(80-71-67-63-59-55-51-47-43-39-35-31-27-23-19-15-11-7-3)81-72-68-64-60-56-52-48-44-40-36-32-28-24-20-16-12-8-4/h73H,5-72H2,1-4H3. The van der Waals surface area contributed by atoms with Crippen LogP contribution in [0, 0.1) is 0 Å². The van der Waals surface area contributed by atoms with Crippen molar-refractivity contribution in [3.63, 3.8) is 0 Å². The molecule has 0 aromatic rings. The minimum Gasteiger partial charge on any atom is -0.119 e. The van der Waals surface area contributed by atoms with Crippen molar-refractivity contribution in [2.24, 2.45) is 0 Å². The van der Waals surface area contributed by atoms with E-state index in [4.69, 9.17) is 11.6 Å². The van der Waals surface area contributed by atoms with Gasteiger partial charge < -0.3 is 0 Å². The molecule has 0 saturated carbocycles. The monoisotopic (exact) mass is 1230 g/mol. The van der Waals surface area contributed by atoms with E-state index in [1.807, 2.05) is 0 Å². The first kappa shape index (κ1) is 82.2. The van der Waals surface area contributed by atoms with Gasteiger partial charge in [-0.1, -0.05) is 425 Å². The van der Waals surface area contributed by atoms with E-state index in [0.717, 1.165) is 5.03 Å². The molecule has 484 valence electrons. The molecule has 0 saturated heterocycles. The Labute approximate surface area is 536 Å². The first-order valence-corrected chi connectivity index (χ1v) is 42.1. The van der Waals surface area contributed by atoms with Crippen molar-refractivity contribution in [1.29, 1.82) is 0 Å². The molecule has 0 nitrogen and oxygen atoms in total. The zero-order valence-corrected chi connectivity index (χ0v) is 60.2. The lowest BCUT2D eigenvalue weighted by molar-refractivity contribution is 0.531. The van der Waals surface area contributed by atoms with E-state index in [-0.39, 0.29) is 0 Å². The van der Waals surface area contributed by atoms with Gasteiger partial charge in [0, 0.05) is 4.24 Å². The molecule has 0 radical (unpaired) electrons. The van der Waals surface area contributed by atoms with E-state index in [1.54, 1.807) is 0 Å². The molecule has 0 bridgehead atoms. The Bertz CT molecular complexity index is 1120. The third kappa shape index (κ3) is 70.1. The van der Waals surface area contributed by atoms with Gasteiger partial charge in [-0.2, -0.15) is 0 Å². The predicted octanol–water partition coefficient (Wildman–Crippen LogP) is 31.2. The molecule has 0 aliphatic rings. The summed E-state index contributed by atoms with van der Waals surface area (Å²) in [4.78, 5) is 0. The summed E-state index contributed by atoms with van der Waals surface area (Å²) in [5.41, 5.74) is 0. The first-order valence-electron chi connectivity index (χ1n) is 37.8. The number of allylic oxidation sites excluding steroid dienone is 2. The van der Waals surface area contributed by atoms with Crippen molar-refractivity contribution >= 4 is 58.6 Å². The van der Waals surface area contributed by atoms with Gasteiger partial charge in [-0.05, 0) is 54.8 Å². The fourth-order valence-electron chi connectivity index (χ4n) is 11.7. The highest BCUT2D eigenvalue weighted by Crippen LogP contribution is 2.39. The van der Waals surface area contributed by atoms with E-state index < -0.39 is 0 Å². The molecule has 81 heavy (non-hydrogen) atoms. The molecule has 5 heteroatoms. The maximum Gasteiger partial charge on any atom is 0.0622 e. The summed E-state index contributed by atoms with van der Waals surface area (Å²) in [6.07, 6.45) is 94.3. The van der Waals surface area contributed by atoms with Crippen molar-refractivity contribution in [3.05, 3.63) is 19.6 Å². The molecular weight excluding hydrogens is 1080 g/mol. The third-order valence-corrected chi connectivity index (χ3v) is 23.1. The van der Waals surface area contributed by atoms with Gasteiger partial charge in [-0.15, -0.1) is 47.0 Å². The largest absolute Gasteiger partial charge is 0.119 e. The molecular formula is C76H149ClS4. The van der Waals surface area contributed by atoms with Crippen LogP contribution in [0.25, 0.3) is 0 Å². The number of rotatable bonds is 73. The van der Waals surface area contributed by atoms with Gasteiger partial charge in [-0.25, -0.2) is 0 Å². The van der Waals surface area contributed by atoms with Crippen LogP contribution < -0.4 is 0 Å². The quantitative estimate of drug-likeness (QED) is 0.0439. The topological polar surface area (TPSA) is 0 Å². The lowest BCUT2D eigenvalue weighted by Gasteiger charge is -2.12. The van der Waals surface area contributed by atoms with Gasteiger partial charge >= 0.3 is 0 Å². The Morgan fingerprint density at radius 1 is 0.198 bits per heavy atom. The Kier molecular flexibility index (Phi) is 76.5. The molecule has 0 aliphatic carbocycles. The van der Waals surface area contributed by atoms with Gasteiger partial charge in [0.25, 0.3) is 0 Å². The highest BCUT2D eigenvalue weighted by atomic mass is 35.5. The Morgan fingerprint density at radius 2 is 0.333 bits per heavy atom. The smallest absolute Gasteiger partial charge is 0.0622 e. The van der Waals surface area contributed by atoms with Crippen molar-refractivity contribution in [1.82, 2.24) is 0 Å². The summed E-state index contributed by atoms with van der Waals surface area (Å²) in [5, 5.41) is 1.05. The highest BCUT2D eigenvalue weighted by Gasteiger charge is 2.10. The van der Waals surface area contributed by atoms with E-state index in [1.165, 1.54) is 442 Å². The predicted molar refractivity (Wildman–Crippen MR) is 389 cm³/mol. The third-order valence-electron chi connectivity index (χ3n) is 17.4. The van der Waals surface area contributed by atoms with E-state index in [0.29, 0.717) is 0 Å². The summed E-state index contributed by atoms with van der Waals surface area (Å²) < 4.78 is 2.91. The normalized spacial score (nSPS) is 11.6. The molecule has 0 heterocycles. The summed E-state index contributed by atoms with van der Waals surface area (Å²) in [6.45, 7) is 9.29. The van der Waals surface area contributed by atoms with Crippen LogP contribution in [0.3, 0.4) is 0 Å². The summed E-state index contributed by atoms with van der Waals surface area (Å²) in [7, 11) is 0. The highest BCUT2D eigenvalue weighted by molar-refractivity contribution is 8.22. The molecule has 0 amide bonds. The SMILES string of the molecule is CCCCCCCCCCCCCCCCCCSC(=CC(Cl)=C(SCCCCCCCCCCCCCCCCCC)SCCCCCCCCCCCCCCCCCC)SCCCCCCCCCCCCCCCCCC. The lowest BCUT2D eigenvalue weighted by atomic mass is 10.0. The molecule has 0 fully saturated rings. The number of hydrogen-bond acceptors (Lipinski definition) is 4. The lowest BCUT2D eigenvalue weighted by Crippen LogP contribution is -1.89. The van der Waals surface area contributed by atoms with Crippen LogP contribution >= 0.6 is 58.6 Å². The average Bonchev–Trinajstić information content (AvgIpc) is 3.47. The molecule has 0 N–H and O–H groups in total. The van der Waals surface area contributed by atoms with Gasteiger partial charge in [-0.3, -0.25) is 0 Å². The molecule has 0 aliphatic heterocycles. The molecule has 0 aromatic carbocycles. The zero-order chi connectivity index (χ0) is 58.4. The second-order valence-electron chi connectivity index (χ2n) is 25.7. The minimum absolute atomic E-state index is 1.05. The molecule has 0 atom stereocenters. The summed E-state index contributed by atoms with van der Waals surface area (Å²) in [5.74, 6) is 4.93. The maximum atomic E-state index is 7.49. The molecule has 0 unspecified atom stereocenters. The number of thioether (sulfide) groups is 4. The Hall–Kier alpha value is 1.17.